The van der Waals surface area contributed by atoms with Crippen LogP contribution in [0.3, 0.4) is 0 Å². The lowest BCUT2D eigenvalue weighted by molar-refractivity contribution is 0.217. The minimum Gasteiger partial charge on any atom is -0.491 e. The third-order valence-electron chi connectivity index (χ3n) is 4.17. The van der Waals surface area contributed by atoms with Crippen molar-refractivity contribution < 1.29 is 4.74 Å². The highest BCUT2D eigenvalue weighted by Crippen LogP contribution is 2.26. The monoisotopic (exact) mass is 281 g/mol. The summed E-state index contributed by atoms with van der Waals surface area (Å²) in [5, 5.41) is 3.64. The second-order valence-corrected chi connectivity index (χ2v) is 5.88. The van der Waals surface area contributed by atoms with Gasteiger partial charge in [0.2, 0.25) is 0 Å². The SMILES string of the molecule is CCC(C)Oc1cccc(NC2Cc3ccccc3C2)c1. The van der Waals surface area contributed by atoms with Gasteiger partial charge in [0.1, 0.15) is 5.75 Å². The van der Waals surface area contributed by atoms with E-state index < -0.39 is 0 Å². The Morgan fingerprint density at radius 3 is 2.48 bits per heavy atom. The summed E-state index contributed by atoms with van der Waals surface area (Å²) < 4.78 is 5.89. The normalized spacial score (nSPS) is 15.5. The van der Waals surface area contributed by atoms with Gasteiger partial charge in [-0.2, -0.15) is 0 Å². The molecule has 1 N–H and O–H groups in total. The van der Waals surface area contributed by atoms with E-state index in [0.717, 1.165) is 30.7 Å². The van der Waals surface area contributed by atoms with Crippen molar-refractivity contribution in [2.24, 2.45) is 0 Å². The molecule has 0 aliphatic heterocycles. The fourth-order valence-electron chi connectivity index (χ4n) is 2.87. The zero-order valence-electron chi connectivity index (χ0n) is 12.8. The van der Waals surface area contributed by atoms with E-state index >= 15 is 0 Å². The van der Waals surface area contributed by atoms with Crippen LogP contribution in [0, 0.1) is 0 Å². The Bertz CT molecular complexity index is 583. The van der Waals surface area contributed by atoms with Crippen LogP contribution in [0.15, 0.2) is 48.5 Å². The van der Waals surface area contributed by atoms with Crippen LogP contribution in [0.25, 0.3) is 0 Å². The summed E-state index contributed by atoms with van der Waals surface area (Å²) in [5.41, 5.74) is 4.10. The molecule has 3 rings (SSSR count). The molecule has 1 atom stereocenters. The third kappa shape index (κ3) is 3.38. The quantitative estimate of drug-likeness (QED) is 0.874. The van der Waals surface area contributed by atoms with Gasteiger partial charge in [0.15, 0.2) is 0 Å². The highest BCUT2D eigenvalue weighted by molar-refractivity contribution is 5.50. The molecule has 0 spiro atoms. The molecule has 2 aromatic rings. The van der Waals surface area contributed by atoms with Gasteiger partial charge in [-0.15, -0.1) is 0 Å². The maximum absolute atomic E-state index is 5.89. The average Bonchev–Trinajstić information content (AvgIpc) is 2.89. The Balaban J connectivity index is 1.65. The predicted molar refractivity (Wildman–Crippen MR) is 88.1 cm³/mol. The zero-order valence-corrected chi connectivity index (χ0v) is 12.8. The molecule has 1 unspecified atom stereocenters. The van der Waals surface area contributed by atoms with E-state index in [2.05, 4.69) is 61.6 Å². The Morgan fingerprint density at radius 1 is 1.10 bits per heavy atom. The van der Waals surface area contributed by atoms with E-state index in [1.54, 1.807) is 0 Å². The zero-order chi connectivity index (χ0) is 14.7. The second kappa shape index (κ2) is 6.21. The Kier molecular flexibility index (Phi) is 4.14. The molecule has 2 aromatic carbocycles. The van der Waals surface area contributed by atoms with Crippen molar-refractivity contribution >= 4 is 5.69 Å². The van der Waals surface area contributed by atoms with Gasteiger partial charge < -0.3 is 10.1 Å². The van der Waals surface area contributed by atoms with Crippen molar-refractivity contribution in [1.29, 1.82) is 0 Å². The standard InChI is InChI=1S/C19H23NO/c1-3-14(2)21-19-10-6-9-17(13-19)20-18-11-15-7-4-5-8-16(15)12-18/h4-10,13-14,18,20H,3,11-12H2,1-2H3. The fraction of sp³-hybridized carbons (Fsp3) is 0.368. The van der Waals surface area contributed by atoms with E-state index in [-0.39, 0.29) is 6.10 Å². The molecule has 0 heterocycles. The maximum atomic E-state index is 5.89. The second-order valence-electron chi connectivity index (χ2n) is 5.88. The minimum absolute atomic E-state index is 0.260. The molecule has 21 heavy (non-hydrogen) atoms. The summed E-state index contributed by atoms with van der Waals surface area (Å²) in [6.07, 6.45) is 3.49. The molecule has 0 saturated heterocycles. The first-order valence-electron chi connectivity index (χ1n) is 7.84. The van der Waals surface area contributed by atoms with Crippen LogP contribution in [0.2, 0.25) is 0 Å². The lowest BCUT2D eigenvalue weighted by atomic mass is 10.1. The Labute approximate surface area is 127 Å². The van der Waals surface area contributed by atoms with E-state index in [0.29, 0.717) is 6.04 Å². The van der Waals surface area contributed by atoms with E-state index in [1.807, 2.05) is 6.07 Å². The molecule has 0 aromatic heterocycles. The maximum Gasteiger partial charge on any atom is 0.121 e. The summed E-state index contributed by atoms with van der Waals surface area (Å²) in [7, 11) is 0. The lowest BCUT2D eigenvalue weighted by Crippen LogP contribution is -2.19. The number of fused-ring (bicyclic) bond motifs is 1. The van der Waals surface area contributed by atoms with Crippen molar-refractivity contribution in [2.75, 3.05) is 5.32 Å². The first-order valence-corrected chi connectivity index (χ1v) is 7.84. The average molecular weight is 281 g/mol. The summed E-state index contributed by atoms with van der Waals surface area (Å²) >= 11 is 0. The van der Waals surface area contributed by atoms with Gasteiger partial charge in [-0.05, 0) is 49.4 Å². The van der Waals surface area contributed by atoms with Gasteiger partial charge in [-0.3, -0.25) is 0 Å². The summed E-state index contributed by atoms with van der Waals surface area (Å²) in [5.74, 6) is 0.949. The highest BCUT2D eigenvalue weighted by Gasteiger charge is 2.20. The van der Waals surface area contributed by atoms with Crippen LogP contribution in [-0.2, 0) is 12.8 Å². The van der Waals surface area contributed by atoms with E-state index in [1.165, 1.54) is 11.1 Å². The number of anilines is 1. The van der Waals surface area contributed by atoms with Gasteiger partial charge in [0.05, 0.1) is 6.10 Å². The van der Waals surface area contributed by atoms with Gasteiger partial charge in [-0.25, -0.2) is 0 Å². The van der Waals surface area contributed by atoms with Gasteiger partial charge >= 0.3 is 0 Å². The highest BCUT2D eigenvalue weighted by atomic mass is 16.5. The topological polar surface area (TPSA) is 21.3 Å². The number of benzene rings is 2. The molecule has 0 amide bonds. The summed E-state index contributed by atoms with van der Waals surface area (Å²) in [4.78, 5) is 0. The molecule has 1 aliphatic carbocycles. The van der Waals surface area contributed by atoms with Crippen LogP contribution in [0.4, 0.5) is 5.69 Å². The van der Waals surface area contributed by atoms with Gasteiger partial charge in [0, 0.05) is 17.8 Å². The molecule has 0 fully saturated rings. The van der Waals surface area contributed by atoms with E-state index in [4.69, 9.17) is 4.74 Å². The van der Waals surface area contributed by atoms with Crippen molar-refractivity contribution in [2.45, 2.75) is 45.3 Å². The molecule has 1 aliphatic rings. The van der Waals surface area contributed by atoms with Crippen LogP contribution in [0.5, 0.6) is 5.75 Å². The molecular formula is C19H23NO. The predicted octanol–water partition coefficient (Wildman–Crippen LogP) is 4.44. The molecule has 0 radical (unpaired) electrons. The van der Waals surface area contributed by atoms with Crippen LogP contribution in [-0.4, -0.2) is 12.1 Å². The number of rotatable bonds is 5. The lowest BCUT2D eigenvalue weighted by Gasteiger charge is -2.16. The molecule has 110 valence electrons. The number of nitrogens with one attached hydrogen (secondary N) is 1. The van der Waals surface area contributed by atoms with Crippen LogP contribution in [0.1, 0.15) is 31.4 Å². The Morgan fingerprint density at radius 2 is 1.81 bits per heavy atom. The molecule has 2 heteroatoms. The van der Waals surface area contributed by atoms with Gasteiger partial charge in [0.25, 0.3) is 0 Å². The summed E-state index contributed by atoms with van der Waals surface area (Å²) in [6.45, 7) is 4.25. The summed E-state index contributed by atoms with van der Waals surface area (Å²) in [6, 6.07) is 17.5. The van der Waals surface area contributed by atoms with Crippen LogP contribution >= 0.6 is 0 Å². The first-order chi connectivity index (χ1) is 10.2. The fourth-order valence-corrected chi connectivity index (χ4v) is 2.87. The molecule has 0 bridgehead atoms. The van der Waals surface area contributed by atoms with Crippen molar-refractivity contribution in [3.63, 3.8) is 0 Å². The van der Waals surface area contributed by atoms with Crippen molar-refractivity contribution in [3.8, 4) is 5.75 Å². The number of ether oxygens (including phenoxy) is 1. The number of hydrogen-bond donors (Lipinski definition) is 1. The minimum atomic E-state index is 0.260. The molecular weight excluding hydrogens is 258 g/mol. The largest absolute Gasteiger partial charge is 0.491 e. The van der Waals surface area contributed by atoms with Crippen molar-refractivity contribution in [3.05, 3.63) is 59.7 Å². The molecule has 0 saturated carbocycles. The number of hydrogen-bond acceptors (Lipinski definition) is 2. The first kappa shape index (κ1) is 14.0. The van der Waals surface area contributed by atoms with Crippen molar-refractivity contribution in [1.82, 2.24) is 0 Å². The van der Waals surface area contributed by atoms with E-state index in [9.17, 15) is 0 Å². The van der Waals surface area contributed by atoms with Gasteiger partial charge in [-0.1, -0.05) is 37.3 Å². The third-order valence-corrected chi connectivity index (χ3v) is 4.17. The van der Waals surface area contributed by atoms with Crippen LogP contribution < -0.4 is 10.1 Å². The smallest absolute Gasteiger partial charge is 0.121 e. The molecule has 2 nitrogen and oxygen atoms in total. The Hall–Kier alpha value is -1.96.